The minimum Gasteiger partial charge on any atom is -0.453 e. The van der Waals surface area contributed by atoms with Crippen LogP contribution in [0.1, 0.15) is 0 Å². The molecule has 0 aliphatic heterocycles. The zero-order valence-corrected chi connectivity index (χ0v) is 16.2. The second kappa shape index (κ2) is 9.81. The molecule has 0 heterocycles. The molecule has 0 N–H and O–H groups in total. The van der Waals surface area contributed by atoms with Crippen LogP contribution in [0.25, 0.3) is 0 Å². The second-order valence-corrected chi connectivity index (χ2v) is 5.99. The minimum absolute atomic E-state index is 0.112. The van der Waals surface area contributed by atoms with Gasteiger partial charge in [-0.1, -0.05) is 6.58 Å². The van der Waals surface area contributed by atoms with E-state index < -0.39 is 67.2 Å². The molecule has 0 saturated heterocycles. The summed E-state index contributed by atoms with van der Waals surface area (Å²) < 4.78 is 253. The summed E-state index contributed by atoms with van der Waals surface area (Å²) in [7, 11) is 0. The van der Waals surface area contributed by atoms with Gasteiger partial charge in [0.25, 0.3) is 0 Å². The molecule has 0 aromatic carbocycles. The van der Waals surface area contributed by atoms with Crippen molar-refractivity contribution in [2.75, 3.05) is 6.61 Å². The van der Waals surface area contributed by atoms with Gasteiger partial charge in [-0.05, 0) is 0 Å². The van der Waals surface area contributed by atoms with Crippen LogP contribution in [0, 0.1) is 0 Å². The molecule has 0 unspecified atom stereocenters. The Balaban J connectivity index is 6.00. The highest BCUT2D eigenvalue weighted by molar-refractivity contribution is 5.81. The van der Waals surface area contributed by atoms with E-state index in [2.05, 4.69) is 16.1 Å². The second-order valence-electron chi connectivity index (χ2n) is 5.99. The molecule has 0 amide bonds. The average molecular weight is 602 g/mol. The lowest BCUT2D eigenvalue weighted by molar-refractivity contribution is -0.577. The number of alkyl halides is 19. The predicted molar refractivity (Wildman–Crippen MR) is 70.0 cm³/mol. The molecule has 220 valence electrons. The zero-order chi connectivity index (χ0) is 30.3. The normalized spacial score (nSPS) is 15.5. The number of hydrogen-bond donors (Lipinski definition) is 0. The van der Waals surface area contributed by atoms with Crippen LogP contribution in [-0.2, 0) is 23.7 Å². The Morgan fingerprint density at radius 3 is 1.35 bits per heavy atom. The van der Waals surface area contributed by atoms with Crippen LogP contribution < -0.4 is 0 Å². The number of rotatable bonds is 13. The Hall–Kier alpha value is -2.24. The van der Waals surface area contributed by atoms with Crippen molar-refractivity contribution in [3.8, 4) is 0 Å². The zero-order valence-electron chi connectivity index (χ0n) is 16.2. The third kappa shape index (κ3) is 7.20. The summed E-state index contributed by atoms with van der Waals surface area (Å²) in [5, 5.41) is 0. The van der Waals surface area contributed by atoms with Gasteiger partial charge in [0.05, 0.1) is 0 Å². The molecule has 24 heteroatoms. The Morgan fingerprint density at radius 2 is 0.973 bits per heavy atom. The molecule has 0 radical (unpaired) electrons. The summed E-state index contributed by atoms with van der Waals surface area (Å²) in [5.74, 6) is -26.9. The van der Waals surface area contributed by atoms with Crippen molar-refractivity contribution in [1.82, 2.24) is 0 Å². The highest BCUT2D eigenvalue weighted by Crippen LogP contribution is 2.59. The van der Waals surface area contributed by atoms with E-state index in [1.807, 2.05) is 0 Å². The van der Waals surface area contributed by atoms with Crippen LogP contribution in [-0.4, -0.2) is 67.2 Å². The molecular weight excluding hydrogens is 597 g/mol. The minimum atomic E-state index is -8.46. The van der Waals surface area contributed by atoms with Crippen LogP contribution in [0.4, 0.5) is 83.4 Å². The number of carbonyl (C=O) groups excluding carboxylic acids is 1. The molecular formula is C13H5F19O5. The van der Waals surface area contributed by atoms with Crippen molar-refractivity contribution < 1.29 is 107 Å². The van der Waals surface area contributed by atoms with E-state index in [4.69, 9.17) is 0 Å². The molecule has 5 nitrogen and oxygen atoms in total. The van der Waals surface area contributed by atoms with E-state index in [1.54, 1.807) is 4.74 Å². The highest BCUT2D eigenvalue weighted by Gasteiger charge is 2.89. The summed E-state index contributed by atoms with van der Waals surface area (Å²) >= 11 is 0. The first-order valence-corrected chi connectivity index (χ1v) is 7.81. The number of halogens is 19. The Labute approximate surface area is 188 Å². The van der Waals surface area contributed by atoms with Crippen LogP contribution in [0.3, 0.4) is 0 Å². The number of esters is 1. The molecule has 0 saturated carbocycles. The summed E-state index contributed by atoms with van der Waals surface area (Å²) in [4.78, 5) is 10.5. The van der Waals surface area contributed by atoms with E-state index in [0.717, 1.165) is 0 Å². The fourth-order valence-electron chi connectivity index (χ4n) is 1.49. The quantitative estimate of drug-likeness (QED) is 0.110. The number of ether oxygens (including phenoxy) is 4. The van der Waals surface area contributed by atoms with Crippen LogP contribution in [0.5, 0.6) is 0 Å². The topological polar surface area (TPSA) is 54.0 Å². The van der Waals surface area contributed by atoms with Crippen molar-refractivity contribution in [2.45, 2.75) is 54.7 Å². The molecule has 37 heavy (non-hydrogen) atoms. The lowest BCUT2D eigenvalue weighted by atomic mass is 10.0. The summed E-state index contributed by atoms with van der Waals surface area (Å²) in [6, 6.07) is 0. The fourth-order valence-corrected chi connectivity index (χ4v) is 1.49. The summed E-state index contributed by atoms with van der Waals surface area (Å²) in [6.45, 7) is -0.0131. The molecule has 0 spiro atoms. The summed E-state index contributed by atoms with van der Waals surface area (Å²) in [5.41, 5.74) is 0. The smallest absolute Gasteiger partial charge is 0.453 e. The van der Waals surface area contributed by atoms with E-state index >= 15 is 0 Å². The monoisotopic (exact) mass is 602 g/mol. The molecule has 0 fully saturated rings. The van der Waals surface area contributed by atoms with Gasteiger partial charge in [0.2, 0.25) is 0 Å². The van der Waals surface area contributed by atoms with E-state index in [1.165, 1.54) is 4.74 Å². The Kier molecular flexibility index (Phi) is 9.22. The van der Waals surface area contributed by atoms with Crippen molar-refractivity contribution in [1.29, 1.82) is 0 Å². The van der Waals surface area contributed by atoms with Crippen molar-refractivity contribution in [3.63, 3.8) is 0 Å². The third-order valence-electron chi connectivity index (χ3n) is 3.17. The lowest BCUT2D eigenvalue weighted by Crippen LogP contribution is -2.68. The maximum Gasteiger partial charge on any atom is 0.495 e. The van der Waals surface area contributed by atoms with Gasteiger partial charge in [-0.25, -0.2) is 19.0 Å². The largest absolute Gasteiger partial charge is 0.495 e. The molecule has 0 rings (SSSR count). The van der Waals surface area contributed by atoms with Crippen LogP contribution >= 0.6 is 0 Å². The van der Waals surface area contributed by atoms with Gasteiger partial charge in [0, 0.05) is 6.08 Å². The third-order valence-corrected chi connectivity index (χ3v) is 3.17. The van der Waals surface area contributed by atoms with Gasteiger partial charge in [0.15, 0.2) is 6.61 Å². The highest BCUT2D eigenvalue weighted by atomic mass is 19.4. The fraction of sp³-hybridized carbons (Fsp3) is 0.769. The van der Waals surface area contributed by atoms with E-state index in [0.29, 0.717) is 0 Å². The molecule has 0 atom stereocenters. The SMILES string of the molecule is C=CC(=O)OCC(F)(F)OC(F)(F)OC(F)(F)C(F)(F)OC(F)(F)C(F)(F)C(F)(F)C(F)(F)C(F)(F)F. The maximum absolute atomic E-state index is 13.2. The van der Waals surface area contributed by atoms with Gasteiger partial charge in [0.1, 0.15) is 0 Å². The van der Waals surface area contributed by atoms with E-state index in [9.17, 15) is 88.2 Å². The molecule has 0 aromatic rings. The number of hydrogen-bond acceptors (Lipinski definition) is 5. The summed E-state index contributed by atoms with van der Waals surface area (Å²) in [6.07, 6.45) is -43.7. The first kappa shape index (κ1) is 34.8. The standard InChI is InChI=1S/C13H5F19O5/c1-2-4(33)34-3-5(14,15)35-13(31,32)37-12(29,30)11(27,28)36-10(25,26)8(20,21)6(16,17)7(18,19)9(22,23)24/h2H,1,3H2. The Morgan fingerprint density at radius 1 is 0.568 bits per heavy atom. The molecule has 0 aliphatic carbocycles. The van der Waals surface area contributed by atoms with Gasteiger partial charge in [-0.3, -0.25) is 0 Å². The maximum atomic E-state index is 13.2. The average Bonchev–Trinajstić information content (AvgIpc) is 2.61. The first-order chi connectivity index (χ1) is 15.8. The molecule has 0 aliphatic rings. The Bertz CT molecular complexity index is 833. The van der Waals surface area contributed by atoms with Crippen LogP contribution in [0.15, 0.2) is 12.7 Å². The van der Waals surface area contributed by atoms with E-state index in [-0.39, 0.29) is 6.08 Å². The van der Waals surface area contributed by atoms with Gasteiger partial charge in [-0.2, -0.15) is 74.6 Å². The van der Waals surface area contributed by atoms with Gasteiger partial charge < -0.3 is 4.74 Å². The predicted octanol–water partition coefficient (Wildman–Crippen LogP) is 6.16. The van der Waals surface area contributed by atoms with Crippen LogP contribution in [0.2, 0.25) is 0 Å². The number of carbonyl (C=O) groups is 1. The van der Waals surface area contributed by atoms with Crippen molar-refractivity contribution >= 4 is 5.97 Å². The lowest BCUT2D eigenvalue weighted by Gasteiger charge is -2.38. The van der Waals surface area contributed by atoms with Gasteiger partial charge in [-0.15, -0.1) is 8.78 Å². The molecule has 0 aromatic heterocycles. The van der Waals surface area contributed by atoms with Crippen molar-refractivity contribution in [2.24, 2.45) is 0 Å². The van der Waals surface area contributed by atoms with Gasteiger partial charge >= 0.3 is 60.6 Å². The first-order valence-electron chi connectivity index (χ1n) is 7.81. The molecule has 0 bridgehead atoms. The van der Waals surface area contributed by atoms with Crippen molar-refractivity contribution in [3.05, 3.63) is 12.7 Å².